The summed E-state index contributed by atoms with van der Waals surface area (Å²) in [6.07, 6.45) is -4.70. The first-order chi connectivity index (χ1) is 17.3. The Balaban J connectivity index is 2.00. The molecule has 1 aliphatic carbocycles. The average molecular weight is 567 g/mol. The van der Waals surface area contributed by atoms with Gasteiger partial charge in [0.25, 0.3) is 5.56 Å². The number of benzene rings is 2. The molecule has 0 aliphatic heterocycles. The number of fused-ring (bicyclic) bond motifs is 1. The fraction of sp³-hybridized carbons (Fsp3) is 0.391. The lowest BCUT2D eigenvalue weighted by Crippen LogP contribution is -2.57. The second kappa shape index (κ2) is 9.70. The number of rotatable bonds is 7. The van der Waals surface area contributed by atoms with Crippen LogP contribution in [0.3, 0.4) is 0 Å². The first kappa shape index (κ1) is 27.6. The average Bonchev–Trinajstić information content (AvgIpc) is 2.80. The predicted molar refractivity (Wildman–Crippen MR) is 127 cm³/mol. The molecule has 1 aromatic heterocycles. The van der Waals surface area contributed by atoms with Gasteiger partial charge in [0, 0.05) is 66.9 Å². The van der Waals surface area contributed by atoms with Crippen molar-refractivity contribution in [3.63, 3.8) is 0 Å². The molecule has 7 nitrogen and oxygen atoms in total. The Hall–Kier alpha value is -2.45. The highest BCUT2D eigenvalue weighted by Gasteiger charge is 2.55. The molecule has 0 spiro atoms. The molecule has 1 heterocycles. The molecule has 0 saturated heterocycles. The van der Waals surface area contributed by atoms with E-state index in [1.807, 2.05) is 4.98 Å². The number of ether oxygens (including phenoxy) is 2. The standard InChI is InChI=1S/C23H20ClF5N2O5S/c1-35-22(36-2)6-21(7-22,8-32)9-37-18-16(10-4-13(24)15(26)5-14(10)25)12(23(27,28)29)3-11-17(18)30-20(34)31-19(11)33/h3-5,32H,6-9H2,1-2H3,(H2,30,31,33,34). The Bertz CT molecular complexity index is 1480. The van der Waals surface area contributed by atoms with Gasteiger partial charge in [0.05, 0.1) is 21.5 Å². The summed E-state index contributed by atoms with van der Waals surface area (Å²) in [7, 11) is 2.82. The Morgan fingerprint density at radius 2 is 1.73 bits per heavy atom. The number of nitrogens with one attached hydrogen (secondary N) is 2. The number of aromatic amines is 2. The lowest BCUT2D eigenvalue weighted by atomic mass is 9.66. The van der Waals surface area contributed by atoms with Gasteiger partial charge in [-0.15, -0.1) is 11.8 Å². The van der Waals surface area contributed by atoms with E-state index in [9.17, 15) is 36.6 Å². The predicted octanol–water partition coefficient (Wildman–Crippen LogP) is 4.69. The number of alkyl halides is 3. The molecule has 3 aromatic rings. The number of hydrogen-bond donors (Lipinski definition) is 3. The van der Waals surface area contributed by atoms with Crippen LogP contribution in [0.25, 0.3) is 22.0 Å². The lowest BCUT2D eigenvalue weighted by molar-refractivity contribution is -0.297. The molecule has 2 aromatic carbocycles. The molecule has 0 amide bonds. The third-order valence-corrected chi connectivity index (χ3v) is 8.21. The van der Waals surface area contributed by atoms with Crippen LogP contribution in [0.5, 0.6) is 0 Å². The molecule has 200 valence electrons. The Morgan fingerprint density at radius 3 is 2.30 bits per heavy atom. The van der Waals surface area contributed by atoms with E-state index in [0.29, 0.717) is 18.2 Å². The van der Waals surface area contributed by atoms with E-state index in [0.717, 1.165) is 11.8 Å². The molecule has 1 aliphatic rings. The van der Waals surface area contributed by atoms with E-state index in [4.69, 9.17) is 21.1 Å². The molecule has 4 rings (SSSR count). The number of hydrogen-bond acceptors (Lipinski definition) is 6. The SMILES string of the molecule is COC1(OC)CC(CO)(CSc2c(-c3cc(Cl)c(F)cc3F)c(C(F)(F)F)cc3c(=O)[nH]c(=O)[nH]c23)C1. The minimum absolute atomic E-state index is 0.0211. The van der Waals surface area contributed by atoms with E-state index in [1.165, 1.54) is 14.2 Å². The Labute approximate surface area is 214 Å². The molecule has 14 heteroatoms. The topological polar surface area (TPSA) is 104 Å². The number of thioether (sulfide) groups is 1. The van der Waals surface area contributed by atoms with E-state index in [-0.39, 0.29) is 35.6 Å². The maximum atomic E-state index is 14.9. The van der Waals surface area contributed by atoms with Gasteiger partial charge in [0.15, 0.2) is 5.79 Å². The normalized spacial score (nSPS) is 16.7. The Kier molecular flexibility index (Phi) is 7.23. The fourth-order valence-corrected chi connectivity index (χ4v) is 6.15. The quantitative estimate of drug-likeness (QED) is 0.166. The van der Waals surface area contributed by atoms with Crippen LogP contribution < -0.4 is 11.2 Å². The van der Waals surface area contributed by atoms with Crippen LogP contribution in [-0.4, -0.2) is 47.4 Å². The van der Waals surface area contributed by atoms with Crippen molar-refractivity contribution in [1.82, 2.24) is 9.97 Å². The highest BCUT2D eigenvalue weighted by molar-refractivity contribution is 7.99. The second-order valence-corrected chi connectivity index (χ2v) is 10.2. The number of H-pyrrole nitrogens is 2. The minimum atomic E-state index is -5.08. The van der Waals surface area contributed by atoms with Crippen LogP contribution >= 0.6 is 23.4 Å². The van der Waals surface area contributed by atoms with Gasteiger partial charge in [-0.05, 0) is 12.1 Å². The van der Waals surface area contributed by atoms with Gasteiger partial charge >= 0.3 is 11.9 Å². The number of halogens is 6. The smallest absolute Gasteiger partial charge is 0.396 e. The zero-order valence-corrected chi connectivity index (χ0v) is 20.9. The van der Waals surface area contributed by atoms with Gasteiger partial charge in [0.1, 0.15) is 11.6 Å². The van der Waals surface area contributed by atoms with Crippen LogP contribution in [-0.2, 0) is 15.7 Å². The van der Waals surface area contributed by atoms with Crippen LogP contribution in [0.4, 0.5) is 22.0 Å². The number of aliphatic hydroxyl groups is 1. The molecule has 0 radical (unpaired) electrons. The zero-order valence-electron chi connectivity index (χ0n) is 19.3. The molecule has 0 unspecified atom stereocenters. The second-order valence-electron chi connectivity index (χ2n) is 8.82. The molecular formula is C23H20ClF5N2O5S. The van der Waals surface area contributed by atoms with Gasteiger partial charge in [-0.25, -0.2) is 13.6 Å². The van der Waals surface area contributed by atoms with Crippen molar-refractivity contribution in [2.24, 2.45) is 5.41 Å². The van der Waals surface area contributed by atoms with E-state index < -0.39 is 67.4 Å². The number of aliphatic hydroxyl groups excluding tert-OH is 1. The van der Waals surface area contributed by atoms with E-state index in [1.54, 1.807) is 0 Å². The van der Waals surface area contributed by atoms with Gasteiger partial charge in [0.2, 0.25) is 0 Å². The molecule has 1 fully saturated rings. The summed E-state index contributed by atoms with van der Waals surface area (Å²) < 4.78 is 82.3. The largest absolute Gasteiger partial charge is 0.417 e. The molecule has 3 N–H and O–H groups in total. The van der Waals surface area contributed by atoms with Crippen LogP contribution in [0.2, 0.25) is 5.02 Å². The molecule has 1 saturated carbocycles. The highest BCUT2D eigenvalue weighted by Crippen LogP contribution is 2.54. The third kappa shape index (κ3) is 4.90. The van der Waals surface area contributed by atoms with Crippen molar-refractivity contribution in [2.75, 3.05) is 26.6 Å². The molecule has 0 atom stereocenters. The first-order valence-electron chi connectivity index (χ1n) is 10.7. The summed E-state index contributed by atoms with van der Waals surface area (Å²) in [4.78, 5) is 28.4. The summed E-state index contributed by atoms with van der Waals surface area (Å²) in [6.45, 7) is -0.380. The van der Waals surface area contributed by atoms with Crippen LogP contribution in [0.15, 0.2) is 32.7 Å². The van der Waals surface area contributed by atoms with E-state index in [2.05, 4.69) is 4.98 Å². The van der Waals surface area contributed by atoms with Crippen molar-refractivity contribution in [2.45, 2.75) is 29.7 Å². The van der Waals surface area contributed by atoms with Gasteiger partial charge in [-0.3, -0.25) is 9.78 Å². The fourth-order valence-electron chi connectivity index (χ4n) is 4.57. The third-order valence-electron chi connectivity index (χ3n) is 6.47. The maximum Gasteiger partial charge on any atom is 0.417 e. The van der Waals surface area contributed by atoms with Crippen molar-refractivity contribution >= 4 is 34.3 Å². The molecule has 0 bridgehead atoms. The molecule has 37 heavy (non-hydrogen) atoms. The van der Waals surface area contributed by atoms with Crippen molar-refractivity contribution < 1.29 is 36.5 Å². The number of aromatic nitrogens is 2. The van der Waals surface area contributed by atoms with E-state index >= 15 is 0 Å². The van der Waals surface area contributed by atoms with Gasteiger partial charge < -0.3 is 19.6 Å². The Morgan fingerprint density at radius 1 is 1.08 bits per heavy atom. The van der Waals surface area contributed by atoms with Crippen LogP contribution in [0, 0.1) is 17.0 Å². The first-order valence-corrected chi connectivity index (χ1v) is 12.0. The monoisotopic (exact) mass is 566 g/mol. The summed E-state index contributed by atoms with van der Waals surface area (Å²) in [5, 5.41) is 8.96. The van der Waals surface area contributed by atoms with Crippen molar-refractivity contribution in [3.8, 4) is 11.1 Å². The van der Waals surface area contributed by atoms with Crippen molar-refractivity contribution in [1.29, 1.82) is 0 Å². The van der Waals surface area contributed by atoms with Crippen LogP contribution in [0.1, 0.15) is 18.4 Å². The van der Waals surface area contributed by atoms with Crippen molar-refractivity contribution in [3.05, 3.63) is 61.3 Å². The van der Waals surface area contributed by atoms with Gasteiger partial charge in [-0.2, -0.15) is 13.2 Å². The number of methoxy groups -OCH3 is 2. The summed E-state index contributed by atoms with van der Waals surface area (Å²) in [6, 6.07) is 1.56. The highest BCUT2D eigenvalue weighted by atomic mass is 35.5. The minimum Gasteiger partial charge on any atom is -0.396 e. The maximum absolute atomic E-state index is 14.9. The van der Waals surface area contributed by atoms with Gasteiger partial charge in [-0.1, -0.05) is 11.6 Å². The lowest BCUT2D eigenvalue weighted by Gasteiger charge is -2.53. The summed E-state index contributed by atoms with van der Waals surface area (Å²) in [5.41, 5.74) is -6.04. The summed E-state index contributed by atoms with van der Waals surface area (Å²) >= 11 is 6.56. The molecular weight excluding hydrogens is 547 g/mol. The zero-order chi connectivity index (χ0) is 27.3. The summed E-state index contributed by atoms with van der Waals surface area (Å²) in [5.74, 6) is -3.53.